The lowest BCUT2D eigenvalue weighted by Crippen LogP contribution is -2.39. The maximum atomic E-state index is 14.7. The van der Waals surface area contributed by atoms with Crippen LogP contribution >= 0.6 is 0 Å². The zero-order chi connectivity index (χ0) is 44.3. The average Bonchev–Trinajstić information content (AvgIpc) is 3.86. The van der Waals surface area contributed by atoms with Crippen molar-refractivity contribution in [3.63, 3.8) is 0 Å². The number of rotatable bonds is 14. The van der Waals surface area contributed by atoms with Crippen molar-refractivity contribution in [2.75, 3.05) is 41.5 Å². The van der Waals surface area contributed by atoms with Crippen LogP contribution in [0.25, 0.3) is 0 Å². The molecule has 0 amide bonds. The van der Waals surface area contributed by atoms with Crippen LogP contribution in [0.1, 0.15) is 47.7 Å². The van der Waals surface area contributed by atoms with Crippen molar-refractivity contribution in [2.45, 2.75) is 50.2 Å². The molecule has 62 heavy (non-hydrogen) atoms. The molecule has 2 saturated heterocycles. The van der Waals surface area contributed by atoms with Crippen molar-refractivity contribution in [2.24, 2.45) is 10.9 Å². The molecule has 0 bridgehead atoms. The highest BCUT2D eigenvalue weighted by molar-refractivity contribution is 5.86. The van der Waals surface area contributed by atoms with Crippen molar-refractivity contribution >= 4 is 17.6 Å². The van der Waals surface area contributed by atoms with Gasteiger partial charge in [0.25, 0.3) is 0 Å². The summed E-state index contributed by atoms with van der Waals surface area (Å²) in [4.78, 5) is 38.3. The Bertz CT molecular complexity index is 2430. The summed E-state index contributed by atoms with van der Waals surface area (Å²) >= 11 is 0. The number of nitrogens with zero attached hydrogens (tertiary/aromatic N) is 4. The Morgan fingerprint density at radius 2 is 1.40 bits per heavy atom. The van der Waals surface area contributed by atoms with Crippen LogP contribution in [0, 0.1) is 41.9 Å². The zero-order valence-corrected chi connectivity index (χ0v) is 34.4. The molecule has 1 aromatic heterocycles. The first-order valence-electron chi connectivity index (χ1n) is 19.6. The third-order valence-electron chi connectivity index (χ3n) is 11.1. The van der Waals surface area contributed by atoms with Gasteiger partial charge in [0.2, 0.25) is 34.8 Å². The van der Waals surface area contributed by atoms with E-state index < -0.39 is 82.9 Å². The van der Waals surface area contributed by atoms with Gasteiger partial charge in [0.1, 0.15) is 29.0 Å². The van der Waals surface area contributed by atoms with Crippen molar-refractivity contribution in [3.05, 3.63) is 147 Å². The first kappa shape index (κ1) is 43.9. The average molecular weight is 863 g/mol. The van der Waals surface area contributed by atoms with E-state index in [0.717, 1.165) is 18.8 Å². The summed E-state index contributed by atoms with van der Waals surface area (Å²) in [5.41, 5.74) is 0.332. The van der Waals surface area contributed by atoms with Crippen molar-refractivity contribution < 1.29 is 55.2 Å². The molecule has 12 nitrogen and oxygen atoms in total. The Labute approximate surface area is 353 Å². The lowest BCUT2D eigenvalue weighted by molar-refractivity contribution is -0.138. The highest BCUT2D eigenvalue weighted by Crippen LogP contribution is 2.45. The summed E-state index contributed by atoms with van der Waals surface area (Å²) in [6, 6.07) is 23.6. The maximum Gasteiger partial charge on any atom is 0.351 e. The van der Waals surface area contributed by atoms with E-state index in [2.05, 4.69) is 9.98 Å². The van der Waals surface area contributed by atoms with Crippen LogP contribution in [0.4, 0.5) is 27.8 Å². The number of aryl methyl sites for hydroxylation is 1. The third-order valence-corrected chi connectivity index (χ3v) is 11.1. The molecule has 0 radical (unpaired) electrons. The van der Waals surface area contributed by atoms with Crippen LogP contribution < -0.4 is 19.9 Å². The minimum atomic E-state index is -2.42. The number of aliphatic imine (C=N–C) groups is 1. The maximum absolute atomic E-state index is 14.7. The van der Waals surface area contributed by atoms with E-state index in [1.54, 1.807) is 31.2 Å². The highest BCUT2D eigenvalue weighted by atomic mass is 19.2. The second kappa shape index (κ2) is 18.4. The van der Waals surface area contributed by atoms with Crippen LogP contribution in [0.5, 0.6) is 17.2 Å². The van der Waals surface area contributed by atoms with E-state index in [1.165, 1.54) is 32.1 Å². The molecule has 0 aliphatic carbocycles. The van der Waals surface area contributed by atoms with E-state index in [4.69, 9.17) is 28.4 Å². The van der Waals surface area contributed by atoms with E-state index in [0.29, 0.717) is 40.2 Å². The quantitative estimate of drug-likeness (QED) is 0.0276. The SMILES string of the molecule is COc1ccc(C(OC[C@H]2O[C@@H](n3cc(C)c(N=C4CCCN4C)nc3=O)[C@H](OC)[C@@H]2CC(=O)Oc2c(F)c(F)c(F)c(F)c2F)(c2ccccc2)c2ccc(OC)cc2)cc1. The Balaban J connectivity index is 1.31. The molecule has 2 aliphatic heterocycles. The van der Waals surface area contributed by atoms with Gasteiger partial charge in [-0.25, -0.2) is 23.0 Å². The molecule has 2 aliphatic rings. The summed E-state index contributed by atoms with van der Waals surface area (Å²) in [7, 11) is 6.27. The molecule has 4 aromatic carbocycles. The molecule has 326 valence electrons. The van der Waals surface area contributed by atoms with E-state index in [1.807, 2.05) is 66.5 Å². The predicted octanol–water partition coefficient (Wildman–Crippen LogP) is 7.55. The molecule has 0 spiro atoms. The number of likely N-dealkylation sites (tertiary alicyclic amines) is 1. The first-order valence-corrected chi connectivity index (χ1v) is 19.6. The van der Waals surface area contributed by atoms with Gasteiger partial charge in [-0.1, -0.05) is 54.6 Å². The van der Waals surface area contributed by atoms with Gasteiger partial charge in [0, 0.05) is 44.8 Å². The topological polar surface area (TPSA) is 123 Å². The predicted molar refractivity (Wildman–Crippen MR) is 215 cm³/mol. The van der Waals surface area contributed by atoms with E-state index >= 15 is 0 Å². The van der Waals surface area contributed by atoms with Gasteiger partial charge in [-0.15, -0.1) is 0 Å². The molecule has 17 heteroatoms. The highest BCUT2D eigenvalue weighted by Gasteiger charge is 2.49. The number of ether oxygens (including phenoxy) is 6. The number of carbonyl (C=O) groups is 1. The number of hydrogen-bond donors (Lipinski definition) is 0. The second-order valence-electron chi connectivity index (χ2n) is 14.8. The first-order chi connectivity index (χ1) is 29.8. The number of esters is 1. The summed E-state index contributed by atoms with van der Waals surface area (Å²) in [5.74, 6) is -13.8. The lowest BCUT2D eigenvalue weighted by atomic mass is 9.80. The van der Waals surface area contributed by atoms with Gasteiger partial charge in [0.15, 0.2) is 12.0 Å². The van der Waals surface area contributed by atoms with Gasteiger partial charge in [-0.2, -0.15) is 13.8 Å². The van der Waals surface area contributed by atoms with Crippen LogP contribution in [-0.4, -0.2) is 80.0 Å². The number of aromatic nitrogens is 2. The molecule has 0 unspecified atom stereocenters. The van der Waals surface area contributed by atoms with E-state index in [-0.39, 0.29) is 12.4 Å². The Morgan fingerprint density at radius 3 is 1.94 bits per heavy atom. The van der Waals surface area contributed by atoms with Gasteiger partial charge in [-0.05, 0) is 54.3 Å². The van der Waals surface area contributed by atoms with Gasteiger partial charge in [-0.3, -0.25) is 9.36 Å². The summed E-state index contributed by atoms with van der Waals surface area (Å²) < 4.78 is 108. The Kier molecular flexibility index (Phi) is 13.1. The molecule has 7 rings (SSSR count). The molecule has 0 N–H and O–H groups in total. The fraction of sp³-hybridized carbons (Fsp3) is 0.333. The fourth-order valence-electron chi connectivity index (χ4n) is 7.92. The van der Waals surface area contributed by atoms with Gasteiger partial charge < -0.3 is 33.3 Å². The monoisotopic (exact) mass is 862 g/mol. The minimum Gasteiger partial charge on any atom is -0.497 e. The molecule has 5 aromatic rings. The normalized spacial score (nSPS) is 19.6. The third kappa shape index (κ3) is 8.39. The number of halogens is 5. The number of methoxy groups -OCH3 is 3. The molecular weight excluding hydrogens is 820 g/mol. The van der Waals surface area contributed by atoms with Crippen LogP contribution in [0.2, 0.25) is 0 Å². The Hall–Kier alpha value is -6.17. The summed E-state index contributed by atoms with van der Waals surface area (Å²) in [5, 5.41) is 0. The molecule has 2 fully saturated rings. The van der Waals surface area contributed by atoms with Crippen LogP contribution in [0.3, 0.4) is 0 Å². The second-order valence-corrected chi connectivity index (χ2v) is 14.8. The standard InChI is InChI=1S/C45H43F5N4O8/c1-25-23-54(44(56)52-42(25)51-33-12-9-21-53(33)2)43-40(59-5)31(22-34(55)62-41-38(49)36(47)35(46)37(48)39(41)50)32(61-43)24-60-45(26-10-7-6-8-11-26,27-13-17-29(57-3)18-14-27)28-15-19-30(58-4)20-16-28/h6-8,10-11,13-20,23,31-32,40,43H,9,12,21-22,24H2,1-5H3/t31-,32-,40-,43-/m1/s1. The van der Waals surface area contributed by atoms with Gasteiger partial charge >= 0.3 is 11.7 Å². The van der Waals surface area contributed by atoms with Crippen molar-refractivity contribution in [1.82, 2.24) is 14.5 Å². The molecule has 0 saturated carbocycles. The largest absolute Gasteiger partial charge is 0.497 e. The van der Waals surface area contributed by atoms with Crippen LogP contribution in [-0.2, 0) is 24.6 Å². The van der Waals surface area contributed by atoms with E-state index in [9.17, 15) is 31.5 Å². The van der Waals surface area contributed by atoms with Crippen molar-refractivity contribution in [3.8, 4) is 17.2 Å². The zero-order valence-electron chi connectivity index (χ0n) is 34.4. The van der Waals surface area contributed by atoms with Gasteiger partial charge in [0.05, 0.1) is 33.4 Å². The molecule has 4 atom stereocenters. The number of carbonyl (C=O) groups excluding carboxylic acids is 1. The summed E-state index contributed by atoms with van der Waals surface area (Å²) in [6.07, 6.45) is -1.26. The number of amidine groups is 1. The number of benzene rings is 4. The molecule has 3 heterocycles. The minimum absolute atomic E-state index is 0.205. The molecular formula is C45H43F5N4O8. The smallest absolute Gasteiger partial charge is 0.351 e. The van der Waals surface area contributed by atoms with Crippen molar-refractivity contribution in [1.29, 1.82) is 0 Å². The summed E-state index contributed by atoms with van der Waals surface area (Å²) in [6.45, 7) is 2.19. The van der Waals surface area contributed by atoms with Crippen LogP contribution in [0.15, 0.2) is 94.8 Å². The fourth-order valence-corrected chi connectivity index (χ4v) is 7.92. The number of hydrogen-bond acceptors (Lipinski definition) is 10. The Morgan fingerprint density at radius 1 is 0.839 bits per heavy atom. The lowest BCUT2D eigenvalue weighted by Gasteiger charge is -2.37.